The number of amides is 2. The zero-order chi connectivity index (χ0) is 14.6. The summed E-state index contributed by atoms with van der Waals surface area (Å²) in [5, 5.41) is 2.87. The van der Waals surface area contributed by atoms with Gasteiger partial charge in [0.25, 0.3) is 0 Å². The number of hydrogen-bond acceptors (Lipinski definition) is 2. The van der Waals surface area contributed by atoms with E-state index in [9.17, 15) is 9.59 Å². The van der Waals surface area contributed by atoms with Gasteiger partial charge in [-0.05, 0) is 18.3 Å². The smallest absolute Gasteiger partial charge is 0.245 e. The van der Waals surface area contributed by atoms with Crippen molar-refractivity contribution in [3.05, 3.63) is 0 Å². The van der Waals surface area contributed by atoms with Crippen LogP contribution >= 0.6 is 0 Å². The Labute approximate surface area is 116 Å². The average Bonchev–Trinajstić information content (AvgIpc) is 2.41. The Morgan fingerprint density at radius 3 is 2.26 bits per heavy atom. The van der Waals surface area contributed by atoms with Crippen LogP contribution in [-0.4, -0.2) is 35.3 Å². The van der Waals surface area contributed by atoms with Crippen LogP contribution in [0.15, 0.2) is 0 Å². The number of carbonyl (C=O) groups excluding carboxylic acids is 2. The molecule has 1 heterocycles. The van der Waals surface area contributed by atoms with Crippen molar-refractivity contribution in [2.75, 3.05) is 6.54 Å². The van der Waals surface area contributed by atoms with E-state index < -0.39 is 0 Å². The van der Waals surface area contributed by atoms with Crippen LogP contribution < -0.4 is 5.32 Å². The van der Waals surface area contributed by atoms with Gasteiger partial charge in [0.15, 0.2) is 0 Å². The summed E-state index contributed by atoms with van der Waals surface area (Å²) in [5.41, 5.74) is 0. The van der Waals surface area contributed by atoms with Gasteiger partial charge in [-0.2, -0.15) is 0 Å². The van der Waals surface area contributed by atoms with Crippen molar-refractivity contribution in [1.82, 2.24) is 10.2 Å². The molecule has 0 aromatic heterocycles. The molecule has 0 aromatic rings. The first kappa shape index (κ1) is 16.0. The molecular formula is C15H28N2O2. The Morgan fingerprint density at radius 1 is 1.16 bits per heavy atom. The summed E-state index contributed by atoms with van der Waals surface area (Å²) in [6, 6.07) is -0.633. The van der Waals surface area contributed by atoms with E-state index in [1.165, 1.54) is 0 Å². The Morgan fingerprint density at radius 2 is 1.79 bits per heavy atom. The van der Waals surface area contributed by atoms with E-state index in [2.05, 4.69) is 26.1 Å². The monoisotopic (exact) mass is 268 g/mol. The molecule has 0 saturated carbocycles. The Hall–Kier alpha value is -1.06. The summed E-state index contributed by atoms with van der Waals surface area (Å²) < 4.78 is 0. The number of piperazine rings is 1. The SMILES string of the molecule is CCC(C)CN1C(=O)C(CC)NC(=O)C1C(C)CC. The second kappa shape index (κ2) is 6.92. The van der Waals surface area contributed by atoms with Gasteiger partial charge in [0, 0.05) is 6.54 Å². The summed E-state index contributed by atoms with van der Waals surface area (Å²) in [6.45, 7) is 11.0. The third-order valence-corrected chi connectivity index (χ3v) is 4.30. The molecular weight excluding hydrogens is 240 g/mol. The van der Waals surface area contributed by atoms with Crippen molar-refractivity contribution in [1.29, 1.82) is 0 Å². The summed E-state index contributed by atoms with van der Waals surface area (Å²) in [6.07, 6.45) is 2.59. The molecule has 110 valence electrons. The summed E-state index contributed by atoms with van der Waals surface area (Å²) in [7, 11) is 0. The second-order valence-corrected chi connectivity index (χ2v) is 5.80. The third kappa shape index (κ3) is 3.48. The second-order valence-electron chi connectivity index (χ2n) is 5.80. The van der Waals surface area contributed by atoms with Gasteiger partial charge in [-0.1, -0.05) is 47.5 Å². The minimum atomic E-state index is -0.336. The van der Waals surface area contributed by atoms with Crippen molar-refractivity contribution in [2.24, 2.45) is 11.8 Å². The van der Waals surface area contributed by atoms with E-state index in [1.54, 1.807) is 0 Å². The predicted molar refractivity (Wildman–Crippen MR) is 76.6 cm³/mol. The minimum absolute atomic E-state index is 0.0177. The zero-order valence-corrected chi connectivity index (χ0v) is 12.9. The van der Waals surface area contributed by atoms with Crippen LogP contribution in [0.5, 0.6) is 0 Å². The van der Waals surface area contributed by atoms with Crippen molar-refractivity contribution in [3.63, 3.8) is 0 Å². The molecule has 1 fully saturated rings. The molecule has 1 aliphatic heterocycles. The highest BCUT2D eigenvalue weighted by Gasteiger charge is 2.41. The molecule has 19 heavy (non-hydrogen) atoms. The number of nitrogens with zero attached hydrogens (tertiary/aromatic N) is 1. The fourth-order valence-electron chi connectivity index (χ4n) is 2.53. The Bertz CT molecular complexity index is 330. The average molecular weight is 268 g/mol. The number of rotatable bonds is 6. The molecule has 0 aromatic carbocycles. The van der Waals surface area contributed by atoms with Gasteiger partial charge in [-0.25, -0.2) is 0 Å². The molecule has 4 heteroatoms. The lowest BCUT2D eigenvalue weighted by atomic mass is 9.91. The number of hydrogen-bond donors (Lipinski definition) is 1. The first-order valence-electron chi connectivity index (χ1n) is 7.56. The van der Waals surface area contributed by atoms with E-state index in [4.69, 9.17) is 0 Å². The quantitative estimate of drug-likeness (QED) is 0.802. The predicted octanol–water partition coefficient (Wildman–Crippen LogP) is 2.18. The largest absolute Gasteiger partial charge is 0.343 e. The maximum Gasteiger partial charge on any atom is 0.245 e. The molecule has 2 amide bonds. The normalized spacial score (nSPS) is 27.1. The number of nitrogens with one attached hydrogen (secondary N) is 1. The van der Waals surface area contributed by atoms with Crippen molar-refractivity contribution in [3.8, 4) is 0 Å². The topological polar surface area (TPSA) is 49.4 Å². The van der Waals surface area contributed by atoms with Gasteiger partial charge in [-0.15, -0.1) is 0 Å². The fraction of sp³-hybridized carbons (Fsp3) is 0.867. The lowest BCUT2D eigenvalue weighted by Gasteiger charge is -2.42. The van der Waals surface area contributed by atoms with Crippen LogP contribution in [-0.2, 0) is 9.59 Å². The molecule has 1 rings (SSSR count). The van der Waals surface area contributed by atoms with E-state index in [0.717, 1.165) is 12.8 Å². The summed E-state index contributed by atoms with van der Waals surface area (Å²) in [4.78, 5) is 26.6. The van der Waals surface area contributed by atoms with Crippen LogP contribution in [0.2, 0.25) is 0 Å². The highest BCUT2D eigenvalue weighted by atomic mass is 16.2. The summed E-state index contributed by atoms with van der Waals surface area (Å²) in [5.74, 6) is 0.738. The van der Waals surface area contributed by atoms with Crippen molar-refractivity contribution < 1.29 is 9.59 Å². The van der Waals surface area contributed by atoms with Crippen LogP contribution in [0.25, 0.3) is 0 Å². The standard InChI is InChI=1S/C15H28N2O2/c1-6-10(4)9-17-13(11(5)7-2)14(18)16-12(8-3)15(17)19/h10-13H,6-9H2,1-5H3,(H,16,18). The van der Waals surface area contributed by atoms with Gasteiger partial charge < -0.3 is 10.2 Å². The minimum Gasteiger partial charge on any atom is -0.343 e. The number of carbonyl (C=O) groups is 2. The van der Waals surface area contributed by atoms with E-state index in [1.807, 2.05) is 18.7 Å². The van der Waals surface area contributed by atoms with Crippen LogP contribution in [0.4, 0.5) is 0 Å². The summed E-state index contributed by atoms with van der Waals surface area (Å²) >= 11 is 0. The zero-order valence-electron chi connectivity index (χ0n) is 12.9. The van der Waals surface area contributed by atoms with Crippen molar-refractivity contribution in [2.45, 2.75) is 66.0 Å². The van der Waals surface area contributed by atoms with Crippen LogP contribution in [0.1, 0.15) is 53.9 Å². The Balaban J connectivity index is 2.97. The fourth-order valence-corrected chi connectivity index (χ4v) is 2.53. The van der Waals surface area contributed by atoms with Gasteiger partial charge in [0.05, 0.1) is 0 Å². The lowest BCUT2D eigenvalue weighted by molar-refractivity contribution is -0.152. The molecule has 1 N–H and O–H groups in total. The van der Waals surface area contributed by atoms with Gasteiger partial charge >= 0.3 is 0 Å². The van der Waals surface area contributed by atoms with E-state index in [-0.39, 0.29) is 29.8 Å². The molecule has 4 nitrogen and oxygen atoms in total. The lowest BCUT2D eigenvalue weighted by Crippen LogP contribution is -2.65. The molecule has 0 bridgehead atoms. The molecule has 0 spiro atoms. The first-order chi connectivity index (χ1) is 8.96. The van der Waals surface area contributed by atoms with Crippen LogP contribution in [0.3, 0.4) is 0 Å². The van der Waals surface area contributed by atoms with Crippen LogP contribution in [0, 0.1) is 11.8 Å². The van der Waals surface area contributed by atoms with Gasteiger partial charge in [0.2, 0.25) is 11.8 Å². The van der Waals surface area contributed by atoms with E-state index in [0.29, 0.717) is 18.9 Å². The maximum atomic E-state index is 12.5. The van der Waals surface area contributed by atoms with Gasteiger partial charge in [-0.3, -0.25) is 9.59 Å². The highest BCUT2D eigenvalue weighted by molar-refractivity contribution is 5.97. The highest BCUT2D eigenvalue weighted by Crippen LogP contribution is 2.22. The Kier molecular flexibility index (Phi) is 5.83. The van der Waals surface area contributed by atoms with E-state index >= 15 is 0 Å². The molecule has 1 aliphatic rings. The van der Waals surface area contributed by atoms with Gasteiger partial charge in [0.1, 0.15) is 12.1 Å². The maximum absolute atomic E-state index is 12.5. The molecule has 4 unspecified atom stereocenters. The first-order valence-corrected chi connectivity index (χ1v) is 7.56. The molecule has 4 atom stereocenters. The van der Waals surface area contributed by atoms with Crippen molar-refractivity contribution >= 4 is 11.8 Å². The molecule has 0 aliphatic carbocycles. The third-order valence-electron chi connectivity index (χ3n) is 4.30. The molecule has 0 radical (unpaired) electrons. The molecule has 1 saturated heterocycles.